The molecule has 0 aliphatic heterocycles. The quantitative estimate of drug-likeness (QED) is 0.115. The fourth-order valence-corrected chi connectivity index (χ4v) is 5.24. The van der Waals surface area contributed by atoms with E-state index >= 15 is 0 Å². The second-order valence-corrected chi connectivity index (χ2v) is 11.4. The molecule has 1 heterocycles. The molecule has 4 aromatic rings. The summed E-state index contributed by atoms with van der Waals surface area (Å²) in [6, 6.07) is 22.1. The van der Waals surface area contributed by atoms with Gasteiger partial charge in [0.25, 0.3) is 11.8 Å². The first kappa shape index (κ1) is 32.3. The maximum Gasteiger partial charge on any atom is 0.251 e. The largest absolute Gasteiger partial charge is 0.377 e. The number of carbonyl (C=O) groups excluding carboxylic acids is 3. The summed E-state index contributed by atoms with van der Waals surface area (Å²) in [5.74, 6) is -0.512. The van der Waals surface area contributed by atoms with Crippen molar-refractivity contribution in [3.63, 3.8) is 0 Å². The lowest BCUT2D eigenvalue weighted by Crippen LogP contribution is -2.36. The van der Waals surface area contributed by atoms with Crippen LogP contribution in [0.25, 0.3) is 21.8 Å². The molecule has 1 aromatic heterocycles. The summed E-state index contributed by atoms with van der Waals surface area (Å²) in [4.78, 5) is 41.2. The highest BCUT2D eigenvalue weighted by molar-refractivity contribution is 5.99. The second-order valence-electron chi connectivity index (χ2n) is 11.4. The topological polar surface area (TPSA) is 97.7 Å². The summed E-state index contributed by atoms with van der Waals surface area (Å²) < 4.78 is 2.42. The van der Waals surface area contributed by atoms with Gasteiger partial charge in [-0.3, -0.25) is 14.4 Å². The van der Waals surface area contributed by atoms with Crippen LogP contribution in [-0.4, -0.2) is 65.5 Å². The number of unbranched alkanes of at least 4 members (excludes halogenated alkanes) is 2. The summed E-state index contributed by atoms with van der Waals surface area (Å²) in [5, 5.41) is 10.8. The number of rotatable bonds is 14. The van der Waals surface area contributed by atoms with Gasteiger partial charge in [-0.1, -0.05) is 6.07 Å². The molecule has 0 fully saturated rings. The first-order valence-electron chi connectivity index (χ1n) is 15.4. The molecule has 9 nitrogen and oxygen atoms in total. The summed E-state index contributed by atoms with van der Waals surface area (Å²) in [7, 11) is 8.24. The Kier molecular flexibility index (Phi) is 11.1. The molecule has 0 aliphatic carbocycles. The number of benzene rings is 3. The minimum atomic E-state index is -0.278. The smallest absolute Gasteiger partial charge is 0.251 e. The van der Waals surface area contributed by atoms with Crippen LogP contribution in [0, 0.1) is 0 Å². The van der Waals surface area contributed by atoms with E-state index in [1.165, 1.54) is 21.8 Å². The third-order valence-corrected chi connectivity index (χ3v) is 7.70. The Labute approximate surface area is 260 Å². The number of amides is 3. The molecule has 3 aromatic carbocycles. The number of hydrogen-bond acceptors (Lipinski definition) is 5. The highest BCUT2D eigenvalue weighted by Gasteiger charge is 2.18. The Morgan fingerprint density at radius 2 is 1.23 bits per heavy atom. The Morgan fingerprint density at radius 1 is 0.659 bits per heavy atom. The van der Waals surface area contributed by atoms with Gasteiger partial charge >= 0.3 is 0 Å². The van der Waals surface area contributed by atoms with E-state index in [4.69, 9.17) is 0 Å². The third-order valence-electron chi connectivity index (χ3n) is 7.70. The van der Waals surface area contributed by atoms with Gasteiger partial charge in [0.2, 0.25) is 16.9 Å². The molecule has 0 radical (unpaired) electrons. The molecule has 0 bridgehead atoms. The van der Waals surface area contributed by atoms with Crippen LogP contribution in [-0.2, 0) is 11.3 Å². The minimum absolute atomic E-state index is 0.0213. The zero-order valence-electron chi connectivity index (χ0n) is 26.6. The van der Waals surface area contributed by atoms with Gasteiger partial charge in [0, 0.05) is 106 Å². The van der Waals surface area contributed by atoms with Gasteiger partial charge in [0.15, 0.2) is 0 Å². The van der Waals surface area contributed by atoms with Crippen molar-refractivity contribution in [1.29, 1.82) is 0 Å². The van der Waals surface area contributed by atoms with Crippen LogP contribution >= 0.6 is 0 Å². The lowest BCUT2D eigenvalue weighted by molar-refractivity contribution is -0.645. The van der Waals surface area contributed by atoms with Crippen molar-refractivity contribution in [3.05, 3.63) is 77.9 Å². The molecule has 0 saturated carbocycles. The Balaban J connectivity index is 1.27. The number of fused-ring (bicyclic) bond motifs is 2. The summed E-state index contributed by atoms with van der Waals surface area (Å²) in [6.07, 6.45) is 3.12. The molecule has 3 N–H and O–H groups in total. The first-order valence-corrected chi connectivity index (χ1v) is 15.4. The van der Waals surface area contributed by atoms with Gasteiger partial charge in [-0.2, -0.15) is 4.57 Å². The number of nitrogens with one attached hydrogen (secondary N) is 3. The highest BCUT2D eigenvalue weighted by Crippen LogP contribution is 2.25. The van der Waals surface area contributed by atoms with Gasteiger partial charge in [-0.15, -0.1) is 0 Å². The molecule has 44 heavy (non-hydrogen) atoms. The molecule has 0 unspecified atom stereocenters. The van der Waals surface area contributed by atoms with Crippen LogP contribution < -0.4 is 30.3 Å². The van der Waals surface area contributed by atoms with Crippen molar-refractivity contribution in [1.82, 2.24) is 16.0 Å². The van der Waals surface area contributed by atoms with Crippen LogP contribution in [0.3, 0.4) is 0 Å². The zero-order chi connectivity index (χ0) is 31.6. The average molecular weight is 598 g/mol. The molecular weight excluding hydrogens is 552 g/mol. The van der Waals surface area contributed by atoms with E-state index in [9.17, 15) is 14.4 Å². The predicted octanol–water partition coefficient (Wildman–Crippen LogP) is 4.27. The number of aromatic nitrogens is 1. The zero-order valence-corrected chi connectivity index (χ0v) is 26.6. The highest BCUT2D eigenvalue weighted by atomic mass is 16.2. The van der Waals surface area contributed by atoms with E-state index in [1.807, 2.05) is 6.92 Å². The molecule has 4 rings (SSSR count). The predicted molar refractivity (Wildman–Crippen MR) is 179 cm³/mol. The Bertz CT molecular complexity index is 1570. The number of carbonyl (C=O) groups is 3. The number of hydrogen-bond donors (Lipinski definition) is 3. The molecule has 232 valence electrons. The number of nitrogens with zero attached hydrogens (tertiary/aromatic N) is 3. The Morgan fingerprint density at radius 3 is 1.80 bits per heavy atom. The van der Waals surface area contributed by atoms with Gasteiger partial charge in [0.05, 0.1) is 0 Å². The summed E-state index contributed by atoms with van der Waals surface area (Å²) in [5.41, 5.74) is 5.58. The van der Waals surface area contributed by atoms with E-state index < -0.39 is 0 Å². The Hall–Kier alpha value is -4.66. The second kappa shape index (κ2) is 15.2. The third kappa shape index (κ3) is 8.24. The van der Waals surface area contributed by atoms with Crippen molar-refractivity contribution in [2.24, 2.45) is 0 Å². The molecule has 0 spiro atoms. The van der Waals surface area contributed by atoms with Crippen molar-refractivity contribution >= 4 is 50.9 Å². The molecular formula is C35H45N6O3+. The van der Waals surface area contributed by atoms with Crippen molar-refractivity contribution in [2.45, 2.75) is 39.2 Å². The molecule has 0 atom stereocenters. The molecule has 9 heteroatoms. The molecule has 3 amide bonds. The van der Waals surface area contributed by atoms with Gasteiger partial charge < -0.3 is 25.8 Å². The normalized spacial score (nSPS) is 10.9. The minimum Gasteiger partial charge on any atom is -0.377 e. The molecule has 0 aliphatic rings. The average Bonchev–Trinajstić information content (AvgIpc) is 3.02. The SMILES string of the molecule is CCNC(=O)c1cccc(C(=O)NCCNC(=O)CCCCC[n+]2c3cc(N(C)C)ccc3cc3ccc(N(C)C)cc32)c1. The number of aryl methyl sites for hydroxylation is 1. The lowest BCUT2D eigenvalue weighted by atomic mass is 10.1. The van der Waals surface area contributed by atoms with Gasteiger partial charge in [-0.05, 0) is 68.3 Å². The number of pyridine rings is 1. The number of anilines is 2. The van der Waals surface area contributed by atoms with Gasteiger partial charge in [0.1, 0.15) is 6.54 Å². The van der Waals surface area contributed by atoms with Crippen LogP contribution in [0.1, 0.15) is 53.3 Å². The van der Waals surface area contributed by atoms with Crippen LogP contribution in [0.4, 0.5) is 11.4 Å². The maximum atomic E-state index is 12.5. The summed E-state index contributed by atoms with van der Waals surface area (Å²) >= 11 is 0. The fraction of sp³-hybridized carbons (Fsp3) is 0.371. The van der Waals surface area contributed by atoms with E-state index in [1.54, 1.807) is 24.3 Å². The fourth-order valence-electron chi connectivity index (χ4n) is 5.24. The van der Waals surface area contributed by atoms with Crippen LogP contribution in [0.15, 0.2) is 66.7 Å². The lowest BCUT2D eigenvalue weighted by Gasteiger charge is -2.15. The van der Waals surface area contributed by atoms with E-state index in [-0.39, 0.29) is 17.7 Å². The molecule has 0 saturated heterocycles. The monoisotopic (exact) mass is 597 g/mol. The first-order chi connectivity index (χ1) is 21.2. The van der Waals surface area contributed by atoms with E-state index in [2.05, 4.69) is 101 Å². The van der Waals surface area contributed by atoms with E-state index in [0.29, 0.717) is 37.2 Å². The van der Waals surface area contributed by atoms with Crippen LogP contribution in [0.2, 0.25) is 0 Å². The van der Waals surface area contributed by atoms with Crippen molar-refractivity contribution in [3.8, 4) is 0 Å². The van der Waals surface area contributed by atoms with Crippen LogP contribution in [0.5, 0.6) is 0 Å². The maximum absolute atomic E-state index is 12.5. The standard InChI is InChI=1S/C35H44N6O3/c1-6-36-34(43)27-11-10-12-28(22-27)35(44)38-19-18-37-33(42)13-8-7-9-20-41-31-23-29(39(2)3)16-14-25(31)21-26-15-17-30(40(4)5)24-32(26)41/h10-12,14-17,21-24H,6-9,13,18-20H2,1-5H3,(H2-,36,37,38,42,43,44)/p+1. The summed E-state index contributed by atoms with van der Waals surface area (Å²) in [6.45, 7) is 3.88. The van der Waals surface area contributed by atoms with E-state index in [0.717, 1.165) is 37.2 Å². The van der Waals surface area contributed by atoms with Crippen molar-refractivity contribution < 1.29 is 19.0 Å². The van der Waals surface area contributed by atoms with Gasteiger partial charge in [-0.25, -0.2) is 0 Å². The van der Waals surface area contributed by atoms with Crippen molar-refractivity contribution in [2.75, 3.05) is 57.6 Å².